The average molecular weight is 334 g/mol. The first-order chi connectivity index (χ1) is 10.9. The molecule has 0 unspecified atom stereocenters. The van der Waals surface area contributed by atoms with E-state index in [9.17, 15) is 9.59 Å². The van der Waals surface area contributed by atoms with Crippen molar-refractivity contribution in [3.8, 4) is 5.75 Å². The van der Waals surface area contributed by atoms with Gasteiger partial charge in [-0.1, -0.05) is 0 Å². The Labute approximate surface area is 138 Å². The number of ether oxygens (including phenoxy) is 2. The van der Waals surface area contributed by atoms with Crippen molar-refractivity contribution in [1.82, 2.24) is 4.98 Å². The fourth-order valence-corrected chi connectivity index (χ4v) is 2.71. The predicted octanol–water partition coefficient (Wildman–Crippen LogP) is 2.95. The van der Waals surface area contributed by atoms with Gasteiger partial charge >= 0.3 is 5.97 Å². The lowest BCUT2D eigenvalue weighted by Crippen LogP contribution is -2.29. The molecule has 23 heavy (non-hydrogen) atoms. The van der Waals surface area contributed by atoms with E-state index in [1.807, 2.05) is 6.92 Å². The van der Waals surface area contributed by atoms with Crippen LogP contribution in [0.2, 0.25) is 0 Å². The molecule has 0 saturated heterocycles. The number of aryl methyl sites for hydroxylation is 2. The lowest BCUT2D eigenvalue weighted by molar-refractivity contribution is -0.123. The van der Waals surface area contributed by atoms with Crippen LogP contribution in [0.25, 0.3) is 0 Å². The van der Waals surface area contributed by atoms with E-state index in [1.165, 1.54) is 18.3 Å². The summed E-state index contributed by atoms with van der Waals surface area (Å²) in [6.07, 6.45) is -0.911. The maximum Gasteiger partial charge on any atom is 0.351 e. The maximum absolute atomic E-state index is 12.1. The number of thiazole rings is 1. The minimum Gasteiger partial charge on any atom is -0.497 e. The zero-order chi connectivity index (χ0) is 17.0. The summed E-state index contributed by atoms with van der Waals surface area (Å²) in [4.78, 5) is 28.8. The first kappa shape index (κ1) is 17.0. The van der Waals surface area contributed by atoms with E-state index in [4.69, 9.17) is 9.47 Å². The molecule has 0 aliphatic carbocycles. The largest absolute Gasteiger partial charge is 0.497 e. The van der Waals surface area contributed by atoms with Gasteiger partial charge in [0.2, 0.25) is 0 Å². The second-order valence-electron chi connectivity index (χ2n) is 4.91. The van der Waals surface area contributed by atoms with Crippen LogP contribution in [-0.2, 0) is 9.53 Å². The third-order valence-corrected chi connectivity index (χ3v) is 4.15. The molecular formula is C16H18N2O4S. The summed E-state index contributed by atoms with van der Waals surface area (Å²) in [5.41, 5.74) is 1.21. The summed E-state index contributed by atoms with van der Waals surface area (Å²) < 4.78 is 10.3. The van der Waals surface area contributed by atoms with Gasteiger partial charge in [-0.05, 0) is 45.0 Å². The summed E-state index contributed by atoms with van der Waals surface area (Å²) in [7, 11) is 1.57. The van der Waals surface area contributed by atoms with Crippen molar-refractivity contribution in [3.05, 3.63) is 39.8 Å². The fourth-order valence-electron chi connectivity index (χ4n) is 1.91. The summed E-state index contributed by atoms with van der Waals surface area (Å²) in [6, 6.07) is 6.88. The van der Waals surface area contributed by atoms with Crippen LogP contribution in [0.5, 0.6) is 5.75 Å². The number of amides is 1. The first-order valence-electron chi connectivity index (χ1n) is 7.00. The topological polar surface area (TPSA) is 77.5 Å². The average Bonchev–Trinajstić information content (AvgIpc) is 2.86. The van der Waals surface area contributed by atoms with Crippen molar-refractivity contribution >= 4 is 28.9 Å². The van der Waals surface area contributed by atoms with E-state index in [2.05, 4.69) is 10.3 Å². The Morgan fingerprint density at radius 3 is 2.39 bits per heavy atom. The molecule has 0 radical (unpaired) electrons. The van der Waals surface area contributed by atoms with Crippen LogP contribution in [0.4, 0.5) is 5.69 Å². The molecule has 7 heteroatoms. The highest BCUT2D eigenvalue weighted by molar-refractivity contribution is 7.13. The van der Waals surface area contributed by atoms with Crippen LogP contribution in [-0.4, -0.2) is 30.1 Å². The third kappa shape index (κ3) is 4.29. The van der Waals surface area contributed by atoms with E-state index in [0.717, 1.165) is 5.01 Å². The van der Waals surface area contributed by atoms with Gasteiger partial charge in [0, 0.05) is 5.69 Å². The standard InChI is InChI=1S/C16H18N2O4S/c1-9-14(23-11(3)17-9)16(20)22-10(2)15(19)18-12-5-7-13(21-4)8-6-12/h5-8,10H,1-4H3,(H,18,19)/t10-/m1/s1. The second-order valence-corrected chi connectivity index (χ2v) is 6.12. The van der Waals surface area contributed by atoms with Gasteiger partial charge in [0.05, 0.1) is 17.8 Å². The second kappa shape index (κ2) is 7.23. The summed E-state index contributed by atoms with van der Waals surface area (Å²) in [6.45, 7) is 5.08. The number of nitrogens with zero attached hydrogens (tertiary/aromatic N) is 1. The minimum atomic E-state index is -0.911. The van der Waals surface area contributed by atoms with Gasteiger partial charge in [-0.15, -0.1) is 11.3 Å². The van der Waals surface area contributed by atoms with Gasteiger partial charge in [0.1, 0.15) is 10.6 Å². The zero-order valence-corrected chi connectivity index (χ0v) is 14.2. The lowest BCUT2D eigenvalue weighted by atomic mass is 10.3. The number of nitrogens with one attached hydrogen (secondary N) is 1. The highest BCUT2D eigenvalue weighted by atomic mass is 32.1. The molecule has 0 bridgehead atoms. The molecule has 0 aliphatic heterocycles. The molecule has 0 fully saturated rings. The van der Waals surface area contributed by atoms with Gasteiger partial charge in [0.15, 0.2) is 6.10 Å². The number of carbonyl (C=O) groups excluding carboxylic acids is 2. The number of hydrogen-bond acceptors (Lipinski definition) is 6. The number of anilines is 1. The van der Waals surface area contributed by atoms with E-state index in [1.54, 1.807) is 38.3 Å². The summed E-state index contributed by atoms with van der Waals surface area (Å²) in [5.74, 6) is -0.244. The number of methoxy groups -OCH3 is 1. The Balaban J connectivity index is 1.96. The van der Waals surface area contributed by atoms with Crippen LogP contribution in [0.15, 0.2) is 24.3 Å². The highest BCUT2D eigenvalue weighted by Crippen LogP contribution is 2.19. The fraction of sp³-hybridized carbons (Fsp3) is 0.312. The van der Waals surface area contributed by atoms with Gasteiger partial charge in [0.25, 0.3) is 5.91 Å². The number of hydrogen-bond donors (Lipinski definition) is 1. The first-order valence-corrected chi connectivity index (χ1v) is 7.82. The van der Waals surface area contributed by atoms with Gasteiger partial charge < -0.3 is 14.8 Å². The molecule has 1 aromatic heterocycles. The van der Waals surface area contributed by atoms with Gasteiger partial charge in [-0.25, -0.2) is 9.78 Å². The molecule has 1 N–H and O–H groups in total. The molecule has 1 atom stereocenters. The molecule has 122 valence electrons. The van der Waals surface area contributed by atoms with Crippen molar-refractivity contribution in [2.75, 3.05) is 12.4 Å². The van der Waals surface area contributed by atoms with Crippen LogP contribution >= 0.6 is 11.3 Å². The van der Waals surface area contributed by atoms with Crippen molar-refractivity contribution in [2.24, 2.45) is 0 Å². The van der Waals surface area contributed by atoms with E-state index in [0.29, 0.717) is 22.0 Å². The molecule has 2 rings (SSSR count). The van der Waals surface area contributed by atoms with Crippen molar-refractivity contribution in [3.63, 3.8) is 0 Å². The number of rotatable bonds is 5. The number of esters is 1. The van der Waals surface area contributed by atoms with E-state index < -0.39 is 18.0 Å². The van der Waals surface area contributed by atoms with Gasteiger partial charge in [-0.3, -0.25) is 4.79 Å². The van der Waals surface area contributed by atoms with Crippen molar-refractivity contribution in [2.45, 2.75) is 26.9 Å². The zero-order valence-electron chi connectivity index (χ0n) is 13.4. The Morgan fingerprint density at radius 1 is 1.22 bits per heavy atom. The van der Waals surface area contributed by atoms with Gasteiger partial charge in [-0.2, -0.15) is 0 Å². The molecule has 6 nitrogen and oxygen atoms in total. The van der Waals surface area contributed by atoms with Crippen LogP contribution < -0.4 is 10.1 Å². The molecule has 0 saturated carbocycles. The number of benzene rings is 1. The normalized spacial score (nSPS) is 11.7. The van der Waals surface area contributed by atoms with Crippen molar-refractivity contribution < 1.29 is 19.1 Å². The van der Waals surface area contributed by atoms with Crippen LogP contribution in [0, 0.1) is 13.8 Å². The quantitative estimate of drug-likeness (QED) is 0.851. The third-order valence-electron chi connectivity index (χ3n) is 3.10. The SMILES string of the molecule is COc1ccc(NC(=O)[C@@H](C)OC(=O)c2sc(C)nc2C)cc1. The molecule has 0 aliphatic rings. The molecule has 1 amide bonds. The number of aromatic nitrogens is 1. The molecular weight excluding hydrogens is 316 g/mol. The molecule has 2 aromatic rings. The summed E-state index contributed by atoms with van der Waals surface area (Å²) in [5, 5.41) is 3.47. The predicted molar refractivity (Wildman–Crippen MR) is 88.1 cm³/mol. The Morgan fingerprint density at radius 2 is 1.87 bits per heavy atom. The smallest absolute Gasteiger partial charge is 0.351 e. The van der Waals surface area contributed by atoms with E-state index in [-0.39, 0.29) is 0 Å². The monoisotopic (exact) mass is 334 g/mol. The van der Waals surface area contributed by atoms with Crippen LogP contribution in [0.1, 0.15) is 27.3 Å². The molecule has 0 spiro atoms. The minimum absolute atomic E-state index is 0.401. The molecule has 1 heterocycles. The summed E-state index contributed by atoms with van der Waals surface area (Å²) >= 11 is 1.25. The Bertz CT molecular complexity index is 709. The Hall–Kier alpha value is -2.41. The van der Waals surface area contributed by atoms with E-state index >= 15 is 0 Å². The maximum atomic E-state index is 12.1. The van der Waals surface area contributed by atoms with Crippen LogP contribution in [0.3, 0.4) is 0 Å². The highest BCUT2D eigenvalue weighted by Gasteiger charge is 2.22. The molecule has 1 aromatic carbocycles. The lowest BCUT2D eigenvalue weighted by Gasteiger charge is -2.13. The Kier molecular flexibility index (Phi) is 5.33. The van der Waals surface area contributed by atoms with Crippen molar-refractivity contribution in [1.29, 1.82) is 0 Å². The number of carbonyl (C=O) groups is 2.